The molecule has 0 aliphatic rings. The van der Waals surface area contributed by atoms with Crippen molar-refractivity contribution in [1.82, 2.24) is 10.2 Å². The van der Waals surface area contributed by atoms with E-state index in [-0.39, 0.29) is 12.0 Å². The number of nitrogens with one attached hydrogen (secondary N) is 1. The van der Waals surface area contributed by atoms with Crippen LogP contribution in [-0.2, 0) is 9.53 Å². The Bertz CT molecular complexity index is 260. The fourth-order valence-electron chi connectivity index (χ4n) is 1.10. The molecule has 19 heavy (non-hydrogen) atoms. The summed E-state index contributed by atoms with van der Waals surface area (Å²) in [5.74, 6) is 0.0323. The highest BCUT2D eigenvalue weighted by molar-refractivity contribution is 5.75. The van der Waals surface area contributed by atoms with Crippen molar-refractivity contribution in [3.05, 3.63) is 0 Å². The van der Waals surface area contributed by atoms with Crippen LogP contribution in [0.3, 0.4) is 0 Å². The Labute approximate surface area is 117 Å². The van der Waals surface area contributed by atoms with Crippen LogP contribution in [-0.4, -0.2) is 42.6 Å². The molecule has 0 rings (SSSR count). The minimum Gasteiger partial charge on any atom is -0.444 e. The third-order valence-corrected chi connectivity index (χ3v) is 2.02. The van der Waals surface area contributed by atoms with Crippen molar-refractivity contribution in [2.75, 3.05) is 20.1 Å². The van der Waals surface area contributed by atoms with E-state index in [0.717, 1.165) is 6.42 Å². The van der Waals surface area contributed by atoms with Gasteiger partial charge in [0.25, 0.3) is 0 Å². The number of carbonyl (C=O) groups is 2. The fourth-order valence-corrected chi connectivity index (χ4v) is 1.10. The number of amides is 2. The number of ether oxygens (including phenoxy) is 1. The maximum Gasteiger partial charge on any atom is 0.410 e. The minimum absolute atomic E-state index is 0.0323. The van der Waals surface area contributed by atoms with Gasteiger partial charge in [-0.15, -0.1) is 0 Å². The molecular formula is C14H30N2O3. The molecule has 0 aromatic carbocycles. The Balaban J connectivity index is 0. The summed E-state index contributed by atoms with van der Waals surface area (Å²) in [5, 5.41) is 2.76. The van der Waals surface area contributed by atoms with E-state index in [0.29, 0.717) is 19.5 Å². The van der Waals surface area contributed by atoms with Gasteiger partial charge in [0.2, 0.25) is 5.91 Å². The number of nitrogens with zero attached hydrogens (tertiary/aromatic N) is 1. The highest BCUT2D eigenvalue weighted by Gasteiger charge is 2.18. The van der Waals surface area contributed by atoms with Gasteiger partial charge in [-0.25, -0.2) is 4.79 Å². The predicted octanol–water partition coefficient (Wildman–Crippen LogP) is 2.80. The zero-order chi connectivity index (χ0) is 15.5. The molecule has 0 heterocycles. The second-order valence-electron chi connectivity index (χ2n) is 4.96. The molecule has 0 bridgehead atoms. The Morgan fingerprint density at radius 2 is 1.74 bits per heavy atom. The first kappa shape index (κ1) is 20.1. The SMILES string of the molecule is CC.CCC(=O)NCCCN(C)C(=O)OC(C)(C)C. The number of rotatable bonds is 5. The lowest BCUT2D eigenvalue weighted by molar-refractivity contribution is -0.120. The molecule has 0 aromatic heterocycles. The van der Waals surface area contributed by atoms with Crippen LogP contribution in [0.25, 0.3) is 0 Å². The summed E-state index contributed by atoms with van der Waals surface area (Å²) in [7, 11) is 1.69. The average molecular weight is 274 g/mol. The van der Waals surface area contributed by atoms with Gasteiger partial charge in [0, 0.05) is 26.6 Å². The van der Waals surface area contributed by atoms with E-state index in [4.69, 9.17) is 4.74 Å². The van der Waals surface area contributed by atoms with E-state index < -0.39 is 5.60 Å². The zero-order valence-corrected chi connectivity index (χ0v) is 13.5. The molecular weight excluding hydrogens is 244 g/mol. The number of hydrogen-bond acceptors (Lipinski definition) is 3. The van der Waals surface area contributed by atoms with Crippen LogP contribution in [0, 0.1) is 0 Å². The van der Waals surface area contributed by atoms with E-state index in [1.165, 1.54) is 4.90 Å². The lowest BCUT2D eigenvalue weighted by Crippen LogP contribution is -2.36. The molecule has 0 fully saturated rings. The molecule has 0 aliphatic heterocycles. The van der Waals surface area contributed by atoms with Crippen molar-refractivity contribution < 1.29 is 14.3 Å². The van der Waals surface area contributed by atoms with Crippen molar-refractivity contribution in [2.24, 2.45) is 0 Å². The number of hydrogen-bond donors (Lipinski definition) is 1. The molecule has 5 nitrogen and oxygen atoms in total. The molecule has 0 radical (unpaired) electrons. The van der Waals surface area contributed by atoms with E-state index >= 15 is 0 Å². The van der Waals surface area contributed by atoms with Crippen LogP contribution in [0.5, 0.6) is 0 Å². The van der Waals surface area contributed by atoms with E-state index in [1.54, 1.807) is 7.05 Å². The molecule has 0 atom stereocenters. The van der Waals surface area contributed by atoms with Gasteiger partial charge < -0.3 is 15.0 Å². The van der Waals surface area contributed by atoms with Crippen LogP contribution < -0.4 is 5.32 Å². The summed E-state index contributed by atoms with van der Waals surface area (Å²) in [5.41, 5.74) is -0.470. The molecule has 0 saturated carbocycles. The predicted molar refractivity (Wildman–Crippen MR) is 78.1 cm³/mol. The van der Waals surface area contributed by atoms with E-state index in [2.05, 4.69) is 5.32 Å². The van der Waals surface area contributed by atoms with Gasteiger partial charge in [-0.1, -0.05) is 20.8 Å². The first-order chi connectivity index (χ1) is 8.76. The first-order valence-corrected chi connectivity index (χ1v) is 6.97. The van der Waals surface area contributed by atoms with Crippen LogP contribution in [0.2, 0.25) is 0 Å². The van der Waals surface area contributed by atoms with Crippen molar-refractivity contribution in [1.29, 1.82) is 0 Å². The van der Waals surface area contributed by atoms with Gasteiger partial charge in [-0.3, -0.25) is 4.79 Å². The standard InChI is InChI=1S/C12H24N2O3.C2H6/c1-6-10(15)13-8-7-9-14(5)11(16)17-12(2,3)4;1-2/h6-9H2,1-5H3,(H,13,15);1-2H3. The Morgan fingerprint density at radius 3 is 2.16 bits per heavy atom. The lowest BCUT2D eigenvalue weighted by Gasteiger charge is -2.24. The maximum atomic E-state index is 11.6. The second kappa shape index (κ2) is 10.6. The highest BCUT2D eigenvalue weighted by Crippen LogP contribution is 2.08. The van der Waals surface area contributed by atoms with Crippen LogP contribution >= 0.6 is 0 Å². The highest BCUT2D eigenvalue weighted by atomic mass is 16.6. The quantitative estimate of drug-likeness (QED) is 0.784. The second-order valence-corrected chi connectivity index (χ2v) is 4.96. The normalized spacial score (nSPS) is 10.1. The molecule has 0 aromatic rings. The zero-order valence-electron chi connectivity index (χ0n) is 13.5. The van der Waals surface area contributed by atoms with Gasteiger partial charge in [0.15, 0.2) is 0 Å². The molecule has 1 N–H and O–H groups in total. The van der Waals surface area contributed by atoms with Gasteiger partial charge in [0.05, 0.1) is 0 Å². The van der Waals surface area contributed by atoms with Gasteiger partial charge in [-0.2, -0.15) is 0 Å². The average Bonchev–Trinajstić information content (AvgIpc) is 2.34. The van der Waals surface area contributed by atoms with E-state index in [9.17, 15) is 9.59 Å². The fraction of sp³-hybridized carbons (Fsp3) is 0.857. The summed E-state index contributed by atoms with van der Waals surface area (Å²) >= 11 is 0. The summed E-state index contributed by atoms with van der Waals surface area (Å²) in [6, 6.07) is 0. The molecule has 0 spiro atoms. The molecule has 0 aliphatic carbocycles. The molecule has 5 heteroatoms. The summed E-state index contributed by atoms with van der Waals surface area (Å²) in [6.07, 6.45) is 0.878. The van der Waals surface area contributed by atoms with E-state index in [1.807, 2.05) is 41.5 Å². The largest absolute Gasteiger partial charge is 0.444 e. The third kappa shape index (κ3) is 13.0. The van der Waals surface area contributed by atoms with Crippen molar-refractivity contribution >= 4 is 12.0 Å². The van der Waals surface area contributed by atoms with Crippen LogP contribution in [0.4, 0.5) is 4.79 Å². The van der Waals surface area contributed by atoms with Gasteiger partial charge >= 0.3 is 6.09 Å². The van der Waals surface area contributed by atoms with Crippen molar-refractivity contribution in [2.45, 2.75) is 60.0 Å². The third-order valence-electron chi connectivity index (χ3n) is 2.02. The van der Waals surface area contributed by atoms with Crippen LogP contribution in [0.1, 0.15) is 54.4 Å². The van der Waals surface area contributed by atoms with Crippen molar-refractivity contribution in [3.8, 4) is 0 Å². The molecule has 2 amide bonds. The Kier molecular flexibility index (Phi) is 11.2. The Morgan fingerprint density at radius 1 is 1.21 bits per heavy atom. The van der Waals surface area contributed by atoms with Gasteiger partial charge in [-0.05, 0) is 27.2 Å². The molecule has 0 saturated heterocycles. The summed E-state index contributed by atoms with van der Waals surface area (Å²) in [4.78, 5) is 24.0. The van der Waals surface area contributed by atoms with Crippen molar-refractivity contribution in [3.63, 3.8) is 0 Å². The Hall–Kier alpha value is -1.26. The number of carbonyl (C=O) groups excluding carboxylic acids is 2. The first-order valence-electron chi connectivity index (χ1n) is 6.97. The monoisotopic (exact) mass is 274 g/mol. The molecule has 114 valence electrons. The summed E-state index contributed by atoms with van der Waals surface area (Å²) in [6.45, 7) is 12.5. The minimum atomic E-state index is -0.470. The maximum absolute atomic E-state index is 11.6. The lowest BCUT2D eigenvalue weighted by atomic mass is 10.2. The smallest absolute Gasteiger partial charge is 0.410 e. The topological polar surface area (TPSA) is 58.6 Å². The van der Waals surface area contributed by atoms with Crippen LogP contribution in [0.15, 0.2) is 0 Å². The molecule has 0 unspecified atom stereocenters. The summed E-state index contributed by atoms with van der Waals surface area (Å²) < 4.78 is 5.20. The van der Waals surface area contributed by atoms with Gasteiger partial charge in [0.1, 0.15) is 5.60 Å².